The van der Waals surface area contributed by atoms with Gasteiger partial charge in [0.15, 0.2) is 0 Å². The number of nitrogens with zero attached hydrogens (tertiary/aromatic N) is 2. The smallest absolute Gasteiger partial charge is 0.0949 e. The molecule has 0 aromatic carbocycles. The molecule has 1 aliphatic carbocycles. The number of hydrogen-bond acceptors (Lipinski definition) is 3. The van der Waals surface area contributed by atoms with Crippen molar-refractivity contribution in [2.24, 2.45) is 0 Å². The summed E-state index contributed by atoms with van der Waals surface area (Å²) in [6.07, 6.45) is 9.84. The van der Waals surface area contributed by atoms with Crippen LogP contribution in [0.4, 0.5) is 0 Å². The zero-order chi connectivity index (χ0) is 10.1. The first-order valence-electron chi connectivity index (χ1n) is 5.88. The van der Waals surface area contributed by atoms with E-state index in [0.29, 0.717) is 18.1 Å². The van der Waals surface area contributed by atoms with Crippen LogP contribution in [0.3, 0.4) is 0 Å². The Bertz CT molecular complexity index is 304. The van der Waals surface area contributed by atoms with E-state index in [-0.39, 0.29) is 0 Å². The molecule has 0 bridgehead atoms. The van der Waals surface area contributed by atoms with Crippen LogP contribution in [0.5, 0.6) is 0 Å². The lowest BCUT2D eigenvalue weighted by Crippen LogP contribution is -2.58. The van der Waals surface area contributed by atoms with Gasteiger partial charge >= 0.3 is 0 Å². The Morgan fingerprint density at radius 2 is 2.27 bits per heavy atom. The molecule has 1 aliphatic heterocycles. The fourth-order valence-electron chi connectivity index (χ4n) is 2.67. The maximum Gasteiger partial charge on any atom is 0.0949 e. The third kappa shape index (κ3) is 1.79. The van der Waals surface area contributed by atoms with Crippen molar-refractivity contribution in [3.05, 3.63) is 18.7 Å². The Kier molecular flexibility index (Phi) is 2.46. The van der Waals surface area contributed by atoms with Crippen LogP contribution in [0.15, 0.2) is 18.7 Å². The van der Waals surface area contributed by atoms with E-state index in [1.807, 2.05) is 12.5 Å². The molecule has 15 heavy (non-hydrogen) atoms. The van der Waals surface area contributed by atoms with Crippen LogP contribution in [0.25, 0.3) is 0 Å². The SMILES string of the molecule is c1cn(C2CCCC2NC2CNC2)cn1. The second-order valence-electron chi connectivity index (χ2n) is 4.64. The van der Waals surface area contributed by atoms with Crippen molar-refractivity contribution < 1.29 is 0 Å². The van der Waals surface area contributed by atoms with Gasteiger partial charge in [0.1, 0.15) is 0 Å². The van der Waals surface area contributed by atoms with Crippen molar-refractivity contribution in [2.75, 3.05) is 13.1 Å². The standard InChI is InChI=1S/C11H18N4/c1-2-10(14-9-6-13-7-9)11(3-1)15-5-4-12-8-15/h4-5,8-11,13-14H,1-3,6-7H2. The first kappa shape index (κ1) is 9.36. The third-order valence-corrected chi connectivity index (χ3v) is 3.62. The van der Waals surface area contributed by atoms with E-state index in [1.54, 1.807) is 0 Å². The van der Waals surface area contributed by atoms with Crippen molar-refractivity contribution >= 4 is 0 Å². The number of imidazole rings is 1. The maximum atomic E-state index is 4.14. The largest absolute Gasteiger partial charge is 0.333 e. The molecule has 1 aromatic rings. The minimum Gasteiger partial charge on any atom is -0.333 e. The Morgan fingerprint density at radius 3 is 2.93 bits per heavy atom. The third-order valence-electron chi connectivity index (χ3n) is 3.62. The number of hydrogen-bond donors (Lipinski definition) is 2. The molecule has 0 radical (unpaired) electrons. The normalized spacial score (nSPS) is 31.7. The molecule has 82 valence electrons. The Hall–Kier alpha value is -0.870. The summed E-state index contributed by atoms with van der Waals surface area (Å²) in [7, 11) is 0. The Balaban J connectivity index is 1.66. The topological polar surface area (TPSA) is 41.9 Å². The Morgan fingerprint density at radius 1 is 1.33 bits per heavy atom. The molecule has 1 saturated carbocycles. The number of aromatic nitrogens is 2. The molecule has 0 spiro atoms. The van der Waals surface area contributed by atoms with Gasteiger partial charge in [0, 0.05) is 43.6 Å². The second kappa shape index (κ2) is 3.94. The molecule has 2 heterocycles. The van der Waals surface area contributed by atoms with Crippen LogP contribution >= 0.6 is 0 Å². The average Bonchev–Trinajstić information content (AvgIpc) is 2.81. The minimum atomic E-state index is 0.619. The van der Waals surface area contributed by atoms with Crippen LogP contribution in [0.1, 0.15) is 25.3 Å². The predicted octanol–water partition coefficient (Wildman–Crippen LogP) is 0.538. The second-order valence-corrected chi connectivity index (χ2v) is 4.64. The minimum absolute atomic E-state index is 0.619. The maximum absolute atomic E-state index is 4.14. The van der Waals surface area contributed by atoms with Gasteiger partial charge in [-0.05, 0) is 19.3 Å². The highest BCUT2D eigenvalue weighted by atomic mass is 15.2. The molecule has 3 rings (SSSR count). The van der Waals surface area contributed by atoms with Crippen molar-refractivity contribution in [1.29, 1.82) is 0 Å². The fraction of sp³-hybridized carbons (Fsp3) is 0.727. The first-order chi connectivity index (χ1) is 7.43. The number of rotatable bonds is 3. The molecule has 2 unspecified atom stereocenters. The lowest BCUT2D eigenvalue weighted by Gasteiger charge is -2.33. The van der Waals surface area contributed by atoms with Crippen LogP contribution in [0, 0.1) is 0 Å². The summed E-state index contributed by atoms with van der Waals surface area (Å²) in [5.41, 5.74) is 0. The molecule has 2 N–H and O–H groups in total. The lowest BCUT2D eigenvalue weighted by molar-refractivity contribution is 0.291. The molecule has 2 atom stereocenters. The summed E-state index contributed by atoms with van der Waals surface area (Å²) in [5.74, 6) is 0. The molecule has 2 aliphatic rings. The first-order valence-corrected chi connectivity index (χ1v) is 5.88. The summed E-state index contributed by atoms with van der Waals surface area (Å²) in [6, 6.07) is 1.96. The summed E-state index contributed by atoms with van der Waals surface area (Å²) >= 11 is 0. The van der Waals surface area contributed by atoms with E-state index in [9.17, 15) is 0 Å². The average molecular weight is 206 g/mol. The molecule has 4 heteroatoms. The van der Waals surface area contributed by atoms with Gasteiger partial charge in [-0.2, -0.15) is 0 Å². The van der Waals surface area contributed by atoms with Gasteiger partial charge in [-0.15, -0.1) is 0 Å². The van der Waals surface area contributed by atoms with E-state index in [1.165, 1.54) is 19.3 Å². The monoisotopic (exact) mass is 206 g/mol. The van der Waals surface area contributed by atoms with Gasteiger partial charge in [-0.3, -0.25) is 0 Å². The molecule has 2 fully saturated rings. The summed E-state index contributed by atoms with van der Waals surface area (Å²) in [4.78, 5) is 4.14. The molecular weight excluding hydrogens is 188 g/mol. The zero-order valence-electron chi connectivity index (χ0n) is 8.89. The summed E-state index contributed by atoms with van der Waals surface area (Å²) in [6.45, 7) is 2.26. The van der Waals surface area contributed by atoms with Gasteiger partial charge < -0.3 is 15.2 Å². The Labute approximate surface area is 90.1 Å². The van der Waals surface area contributed by atoms with Crippen LogP contribution < -0.4 is 10.6 Å². The molecule has 1 aromatic heterocycles. The van der Waals surface area contributed by atoms with Gasteiger partial charge in [-0.1, -0.05) is 0 Å². The number of nitrogens with one attached hydrogen (secondary N) is 2. The highest BCUT2D eigenvalue weighted by Gasteiger charge is 2.31. The molecule has 1 saturated heterocycles. The van der Waals surface area contributed by atoms with Gasteiger partial charge in [0.2, 0.25) is 0 Å². The van der Waals surface area contributed by atoms with Crippen molar-refractivity contribution in [1.82, 2.24) is 20.2 Å². The summed E-state index contributed by atoms with van der Waals surface area (Å²) < 4.78 is 2.26. The van der Waals surface area contributed by atoms with E-state index in [0.717, 1.165) is 13.1 Å². The van der Waals surface area contributed by atoms with Gasteiger partial charge in [0.05, 0.1) is 6.33 Å². The summed E-state index contributed by atoms with van der Waals surface area (Å²) in [5, 5.41) is 7.05. The van der Waals surface area contributed by atoms with Crippen LogP contribution in [-0.2, 0) is 0 Å². The van der Waals surface area contributed by atoms with Crippen LogP contribution in [0.2, 0.25) is 0 Å². The molecular formula is C11H18N4. The van der Waals surface area contributed by atoms with Gasteiger partial charge in [0.25, 0.3) is 0 Å². The zero-order valence-corrected chi connectivity index (χ0v) is 8.89. The fourth-order valence-corrected chi connectivity index (χ4v) is 2.67. The van der Waals surface area contributed by atoms with Crippen molar-refractivity contribution in [2.45, 2.75) is 37.4 Å². The highest BCUT2D eigenvalue weighted by Crippen LogP contribution is 2.30. The quantitative estimate of drug-likeness (QED) is 0.758. The predicted molar refractivity (Wildman–Crippen MR) is 58.7 cm³/mol. The van der Waals surface area contributed by atoms with E-state index in [2.05, 4.69) is 26.4 Å². The van der Waals surface area contributed by atoms with E-state index < -0.39 is 0 Å². The molecule has 4 nitrogen and oxygen atoms in total. The van der Waals surface area contributed by atoms with Crippen molar-refractivity contribution in [3.8, 4) is 0 Å². The molecule has 0 amide bonds. The lowest BCUT2D eigenvalue weighted by atomic mass is 10.1. The van der Waals surface area contributed by atoms with Crippen LogP contribution in [-0.4, -0.2) is 34.7 Å². The van der Waals surface area contributed by atoms with E-state index >= 15 is 0 Å². The van der Waals surface area contributed by atoms with E-state index in [4.69, 9.17) is 0 Å². The van der Waals surface area contributed by atoms with Crippen molar-refractivity contribution in [3.63, 3.8) is 0 Å². The van der Waals surface area contributed by atoms with Gasteiger partial charge in [-0.25, -0.2) is 4.98 Å². The highest BCUT2D eigenvalue weighted by molar-refractivity contribution is 4.95.